The third-order valence-corrected chi connectivity index (χ3v) is 5.74. The lowest BCUT2D eigenvalue weighted by Crippen LogP contribution is -2.34. The van der Waals surface area contributed by atoms with Crippen LogP contribution in [-0.2, 0) is 4.79 Å². The molecule has 6 heteroatoms. The van der Waals surface area contributed by atoms with Gasteiger partial charge in [0, 0.05) is 30.5 Å². The Hall–Kier alpha value is -1.11. The second-order valence-electron chi connectivity index (χ2n) is 6.56. The summed E-state index contributed by atoms with van der Waals surface area (Å²) in [7, 11) is 4.00. The molecular formula is C17H23N3OS2. The zero-order valence-corrected chi connectivity index (χ0v) is 15.8. The molecule has 124 valence electrons. The largest absolute Gasteiger partial charge is 0.346 e. The Morgan fingerprint density at radius 1 is 1.39 bits per heavy atom. The van der Waals surface area contributed by atoms with Crippen LogP contribution in [0.2, 0.25) is 0 Å². The number of aryl methyl sites for hydroxylation is 1. The Balaban J connectivity index is 1.82. The van der Waals surface area contributed by atoms with E-state index in [0.29, 0.717) is 16.9 Å². The summed E-state index contributed by atoms with van der Waals surface area (Å²) in [6.45, 7) is 5.75. The molecule has 0 atom stereocenters. The molecule has 1 aromatic heterocycles. The van der Waals surface area contributed by atoms with Gasteiger partial charge in [-0.25, -0.2) is 0 Å². The number of hydrogen-bond acceptors (Lipinski definition) is 4. The second kappa shape index (κ2) is 6.42. The van der Waals surface area contributed by atoms with Crippen LogP contribution in [-0.4, -0.2) is 51.8 Å². The number of thioether (sulfide) groups is 1. The van der Waals surface area contributed by atoms with Crippen molar-refractivity contribution in [3.63, 3.8) is 0 Å². The summed E-state index contributed by atoms with van der Waals surface area (Å²) in [5.41, 5.74) is 3.67. The molecule has 1 aromatic rings. The lowest BCUT2D eigenvalue weighted by atomic mass is 10.2. The first-order valence-electron chi connectivity index (χ1n) is 7.97. The highest BCUT2D eigenvalue weighted by Gasteiger charge is 2.32. The first-order chi connectivity index (χ1) is 10.9. The number of likely N-dealkylation sites (N-methyl/N-ethyl adjacent to an activating group) is 1. The van der Waals surface area contributed by atoms with E-state index in [-0.39, 0.29) is 5.91 Å². The molecule has 0 spiro atoms. The average molecular weight is 350 g/mol. The first-order valence-corrected chi connectivity index (χ1v) is 9.19. The molecule has 3 rings (SSSR count). The number of hydrogen-bond donors (Lipinski definition) is 0. The summed E-state index contributed by atoms with van der Waals surface area (Å²) in [6.07, 6.45) is 4.54. The van der Waals surface area contributed by atoms with Gasteiger partial charge in [0.25, 0.3) is 5.91 Å². The fourth-order valence-corrected chi connectivity index (χ4v) is 4.28. The van der Waals surface area contributed by atoms with Crippen molar-refractivity contribution in [1.82, 2.24) is 14.4 Å². The molecule has 1 saturated heterocycles. The zero-order valence-electron chi connectivity index (χ0n) is 14.1. The van der Waals surface area contributed by atoms with Gasteiger partial charge in [0.2, 0.25) is 0 Å². The highest BCUT2D eigenvalue weighted by atomic mass is 32.2. The van der Waals surface area contributed by atoms with E-state index in [1.807, 2.05) is 20.2 Å². The molecule has 0 N–H and O–H groups in total. The van der Waals surface area contributed by atoms with E-state index in [1.165, 1.54) is 36.0 Å². The van der Waals surface area contributed by atoms with E-state index in [0.717, 1.165) is 17.0 Å². The van der Waals surface area contributed by atoms with Crippen LogP contribution in [0.1, 0.15) is 35.8 Å². The topological polar surface area (TPSA) is 28.5 Å². The molecule has 2 heterocycles. The van der Waals surface area contributed by atoms with Gasteiger partial charge in [-0.2, -0.15) is 0 Å². The molecule has 0 bridgehead atoms. The number of rotatable bonds is 5. The molecule has 1 amide bonds. The molecule has 1 saturated carbocycles. The van der Waals surface area contributed by atoms with Crippen molar-refractivity contribution in [2.45, 2.75) is 32.7 Å². The maximum atomic E-state index is 12.6. The lowest BCUT2D eigenvalue weighted by Gasteiger charge is -2.17. The third-order valence-electron chi connectivity index (χ3n) is 4.37. The Morgan fingerprint density at radius 3 is 2.70 bits per heavy atom. The Kier molecular flexibility index (Phi) is 4.67. The van der Waals surface area contributed by atoms with Crippen molar-refractivity contribution < 1.29 is 4.79 Å². The van der Waals surface area contributed by atoms with E-state index >= 15 is 0 Å². The molecule has 0 aromatic carbocycles. The fraction of sp³-hybridized carbons (Fsp3) is 0.529. The Morgan fingerprint density at radius 2 is 2.09 bits per heavy atom. The quantitative estimate of drug-likeness (QED) is 0.603. The SMILES string of the molecule is Cc1cc(/C=C2\SC(=S)N(CCN(C)C)C2=O)c(C)n1C1CC1. The first kappa shape index (κ1) is 16.7. The minimum atomic E-state index is 0.0399. The van der Waals surface area contributed by atoms with Gasteiger partial charge in [0.05, 0.1) is 4.91 Å². The lowest BCUT2D eigenvalue weighted by molar-refractivity contribution is -0.122. The molecule has 4 nitrogen and oxygen atoms in total. The number of thiocarbonyl (C=S) groups is 1. The van der Waals surface area contributed by atoms with Crippen LogP contribution in [0.25, 0.3) is 6.08 Å². The van der Waals surface area contributed by atoms with Crippen LogP contribution in [0.3, 0.4) is 0 Å². The Bertz CT molecular complexity index is 686. The molecule has 1 aliphatic carbocycles. The van der Waals surface area contributed by atoms with Gasteiger partial charge in [0.1, 0.15) is 4.32 Å². The zero-order chi connectivity index (χ0) is 16.7. The standard InChI is InChI=1S/C17H23N3OS2/c1-11-9-13(12(2)20(11)14-5-6-14)10-15-16(21)19(17(22)23-15)8-7-18(3)4/h9-10,14H,5-8H2,1-4H3/b15-10-. The van der Waals surface area contributed by atoms with Crippen molar-refractivity contribution in [2.75, 3.05) is 27.2 Å². The molecule has 1 aliphatic heterocycles. The van der Waals surface area contributed by atoms with Crippen molar-refractivity contribution >= 4 is 40.3 Å². The van der Waals surface area contributed by atoms with Crippen LogP contribution < -0.4 is 0 Å². The molecule has 2 fully saturated rings. The molecule has 0 unspecified atom stereocenters. The van der Waals surface area contributed by atoms with E-state index < -0.39 is 0 Å². The van der Waals surface area contributed by atoms with Gasteiger partial charge >= 0.3 is 0 Å². The van der Waals surface area contributed by atoms with Crippen LogP contribution in [0.15, 0.2) is 11.0 Å². The minimum absolute atomic E-state index is 0.0399. The number of amides is 1. The Labute approximate surface area is 147 Å². The molecule has 23 heavy (non-hydrogen) atoms. The minimum Gasteiger partial charge on any atom is -0.346 e. The van der Waals surface area contributed by atoms with E-state index in [9.17, 15) is 4.79 Å². The molecule has 2 aliphatic rings. The van der Waals surface area contributed by atoms with E-state index in [2.05, 4.69) is 29.4 Å². The maximum absolute atomic E-state index is 12.6. The fourth-order valence-electron chi connectivity index (χ4n) is 2.98. The van der Waals surface area contributed by atoms with Crippen molar-refractivity contribution in [2.24, 2.45) is 0 Å². The summed E-state index contributed by atoms with van der Waals surface area (Å²) in [4.78, 5) is 17.1. The summed E-state index contributed by atoms with van der Waals surface area (Å²) >= 11 is 6.80. The van der Waals surface area contributed by atoms with Crippen molar-refractivity contribution in [3.05, 3.63) is 27.9 Å². The van der Waals surface area contributed by atoms with Gasteiger partial charge in [-0.05, 0) is 58.5 Å². The number of carbonyl (C=O) groups is 1. The normalized spacial score (nSPS) is 20.4. The smallest absolute Gasteiger partial charge is 0.266 e. The highest BCUT2D eigenvalue weighted by Crippen LogP contribution is 2.39. The molecular weight excluding hydrogens is 326 g/mol. The summed E-state index contributed by atoms with van der Waals surface area (Å²) in [6, 6.07) is 2.84. The summed E-state index contributed by atoms with van der Waals surface area (Å²) < 4.78 is 3.07. The van der Waals surface area contributed by atoms with Gasteiger partial charge in [-0.1, -0.05) is 24.0 Å². The van der Waals surface area contributed by atoms with Gasteiger partial charge in [-0.15, -0.1) is 0 Å². The van der Waals surface area contributed by atoms with Gasteiger partial charge in [-0.3, -0.25) is 9.69 Å². The maximum Gasteiger partial charge on any atom is 0.266 e. The third kappa shape index (κ3) is 3.39. The predicted octanol–water partition coefficient (Wildman–Crippen LogP) is 3.20. The second-order valence-corrected chi connectivity index (χ2v) is 8.24. The average Bonchev–Trinajstić information content (AvgIpc) is 3.20. The van der Waals surface area contributed by atoms with Crippen LogP contribution >= 0.6 is 24.0 Å². The van der Waals surface area contributed by atoms with Crippen molar-refractivity contribution in [1.29, 1.82) is 0 Å². The number of nitrogens with zero attached hydrogens (tertiary/aromatic N) is 3. The van der Waals surface area contributed by atoms with E-state index in [1.54, 1.807) is 4.90 Å². The monoisotopic (exact) mass is 349 g/mol. The van der Waals surface area contributed by atoms with Crippen LogP contribution in [0.4, 0.5) is 0 Å². The van der Waals surface area contributed by atoms with Gasteiger partial charge < -0.3 is 9.47 Å². The van der Waals surface area contributed by atoms with Gasteiger partial charge in [0.15, 0.2) is 0 Å². The molecule has 0 radical (unpaired) electrons. The van der Waals surface area contributed by atoms with Crippen LogP contribution in [0.5, 0.6) is 0 Å². The van der Waals surface area contributed by atoms with Crippen molar-refractivity contribution in [3.8, 4) is 0 Å². The number of aromatic nitrogens is 1. The summed E-state index contributed by atoms with van der Waals surface area (Å²) in [5, 5.41) is 0. The predicted molar refractivity (Wildman–Crippen MR) is 101 cm³/mol. The van der Waals surface area contributed by atoms with E-state index in [4.69, 9.17) is 12.2 Å². The highest BCUT2D eigenvalue weighted by molar-refractivity contribution is 8.26. The number of carbonyl (C=O) groups excluding carboxylic acids is 1. The van der Waals surface area contributed by atoms with Crippen LogP contribution in [0, 0.1) is 13.8 Å². The summed E-state index contributed by atoms with van der Waals surface area (Å²) in [5.74, 6) is 0.0399.